The van der Waals surface area contributed by atoms with Crippen LogP contribution in [-0.4, -0.2) is 17.2 Å². The van der Waals surface area contributed by atoms with Crippen LogP contribution in [0.3, 0.4) is 0 Å². The first-order valence-electron chi connectivity index (χ1n) is 11.3. The van der Waals surface area contributed by atoms with E-state index in [2.05, 4.69) is 32.1 Å². The molecule has 6 heteroatoms. The third-order valence-electron chi connectivity index (χ3n) is 7.55. The number of aryl methyl sites for hydroxylation is 1. The summed E-state index contributed by atoms with van der Waals surface area (Å²) in [6.45, 7) is 8.19. The maximum Gasteiger partial charge on any atom is 0.248 e. The Hall–Kier alpha value is -3.33. The van der Waals surface area contributed by atoms with Gasteiger partial charge in [-0.2, -0.15) is 5.26 Å². The van der Waals surface area contributed by atoms with Crippen LogP contribution in [0.15, 0.2) is 41.0 Å². The number of amides is 1. The van der Waals surface area contributed by atoms with Crippen LogP contribution in [0, 0.1) is 18.3 Å². The molecular weight excluding hydrogens is 402 g/mol. The molecule has 0 radical (unpaired) electrons. The minimum Gasteiger partial charge on any atom is -0.444 e. The van der Waals surface area contributed by atoms with Crippen molar-refractivity contribution in [3.63, 3.8) is 0 Å². The normalized spacial score (nSPS) is 28.5. The van der Waals surface area contributed by atoms with Gasteiger partial charge in [0.2, 0.25) is 11.8 Å². The second-order valence-corrected chi connectivity index (χ2v) is 9.36. The molecule has 1 spiro atoms. The number of ether oxygens (including phenoxy) is 1. The molecule has 0 bridgehead atoms. The molecule has 164 valence electrons. The Morgan fingerprint density at radius 3 is 2.66 bits per heavy atom. The van der Waals surface area contributed by atoms with E-state index >= 15 is 0 Å². The average Bonchev–Trinajstić information content (AvgIpc) is 3.01. The summed E-state index contributed by atoms with van der Waals surface area (Å²) < 4.78 is 5.79. The molecule has 1 aromatic carbocycles. The number of ketones is 1. The monoisotopic (exact) mass is 429 g/mol. The predicted octanol–water partition coefficient (Wildman–Crippen LogP) is 4.29. The highest BCUT2D eigenvalue weighted by Gasteiger charge is 2.65. The van der Waals surface area contributed by atoms with Gasteiger partial charge in [0, 0.05) is 24.0 Å². The fraction of sp³-hybridized carbons (Fsp3) is 0.423. The minimum absolute atomic E-state index is 0.0233. The maximum absolute atomic E-state index is 14.6. The number of rotatable bonds is 2. The Morgan fingerprint density at radius 1 is 1.25 bits per heavy atom. The molecule has 0 fully saturated rings. The summed E-state index contributed by atoms with van der Waals surface area (Å²) in [6, 6.07) is 6.21. The maximum atomic E-state index is 14.6. The molecule has 1 aromatic rings. The quantitative estimate of drug-likeness (QED) is 0.757. The van der Waals surface area contributed by atoms with Gasteiger partial charge >= 0.3 is 0 Å². The van der Waals surface area contributed by atoms with Crippen molar-refractivity contribution in [3.05, 3.63) is 57.7 Å². The zero-order valence-corrected chi connectivity index (χ0v) is 19.0. The number of nitrogens with two attached hydrogens (primary N) is 1. The van der Waals surface area contributed by atoms with Crippen molar-refractivity contribution in [2.45, 2.75) is 70.8 Å². The smallest absolute Gasteiger partial charge is 0.248 e. The Morgan fingerprint density at radius 2 is 2.00 bits per heavy atom. The van der Waals surface area contributed by atoms with Gasteiger partial charge < -0.3 is 15.4 Å². The van der Waals surface area contributed by atoms with Crippen LogP contribution < -0.4 is 10.6 Å². The molecule has 2 N–H and O–H groups in total. The zero-order valence-electron chi connectivity index (χ0n) is 19.0. The van der Waals surface area contributed by atoms with Crippen molar-refractivity contribution in [3.8, 4) is 6.07 Å². The Kier molecular flexibility index (Phi) is 4.23. The molecule has 32 heavy (non-hydrogen) atoms. The summed E-state index contributed by atoms with van der Waals surface area (Å²) in [5.74, 6) is -0.0631. The van der Waals surface area contributed by atoms with E-state index < -0.39 is 11.0 Å². The number of carbonyl (C=O) groups is 2. The van der Waals surface area contributed by atoms with Gasteiger partial charge in [-0.3, -0.25) is 9.59 Å². The predicted molar refractivity (Wildman–Crippen MR) is 121 cm³/mol. The molecule has 1 amide bonds. The number of carbonyl (C=O) groups excluding carboxylic acids is 2. The Bertz CT molecular complexity index is 1250. The third kappa shape index (κ3) is 2.24. The van der Waals surface area contributed by atoms with Crippen LogP contribution in [0.2, 0.25) is 0 Å². The van der Waals surface area contributed by atoms with Crippen LogP contribution >= 0.6 is 0 Å². The van der Waals surface area contributed by atoms with Gasteiger partial charge in [-0.05, 0) is 44.7 Å². The van der Waals surface area contributed by atoms with Gasteiger partial charge in [-0.15, -0.1) is 0 Å². The largest absolute Gasteiger partial charge is 0.444 e. The lowest BCUT2D eigenvalue weighted by atomic mass is 9.64. The Balaban J connectivity index is 1.97. The van der Waals surface area contributed by atoms with Crippen LogP contribution in [0.4, 0.5) is 5.69 Å². The van der Waals surface area contributed by atoms with E-state index in [1.165, 1.54) is 5.57 Å². The van der Waals surface area contributed by atoms with Gasteiger partial charge in [0.15, 0.2) is 5.78 Å². The Labute approximate surface area is 188 Å². The van der Waals surface area contributed by atoms with Gasteiger partial charge in [0.1, 0.15) is 22.8 Å². The van der Waals surface area contributed by atoms with Crippen molar-refractivity contribution in [2.75, 3.05) is 4.90 Å². The van der Waals surface area contributed by atoms with E-state index in [9.17, 15) is 14.9 Å². The standard InChI is InChI=1S/C26H27N3O3/c1-5-15-12-25(4,6-2)29-22-16(15)10-14(3)11-17(22)26(24(29)31)18(13-27)23(28)32-20-9-7-8-19(30)21(20)26/h10-12H,5-9,28H2,1-4H3/t25-,26-/m0/s1. The van der Waals surface area contributed by atoms with E-state index in [-0.39, 0.29) is 23.1 Å². The topological polar surface area (TPSA) is 96.4 Å². The van der Waals surface area contributed by atoms with E-state index in [1.807, 2.05) is 24.8 Å². The van der Waals surface area contributed by atoms with Crippen molar-refractivity contribution in [2.24, 2.45) is 5.73 Å². The number of hydrogen-bond donors (Lipinski definition) is 1. The molecule has 6 nitrogen and oxygen atoms in total. The van der Waals surface area contributed by atoms with Gasteiger partial charge in [0.25, 0.3) is 0 Å². The third-order valence-corrected chi connectivity index (χ3v) is 7.55. The summed E-state index contributed by atoms with van der Waals surface area (Å²) in [5.41, 5.74) is 9.08. The first-order chi connectivity index (χ1) is 15.2. The average molecular weight is 430 g/mol. The minimum atomic E-state index is -1.55. The van der Waals surface area contributed by atoms with Gasteiger partial charge in [-0.1, -0.05) is 31.6 Å². The van der Waals surface area contributed by atoms with E-state index in [1.54, 1.807) is 0 Å². The first-order valence-corrected chi connectivity index (χ1v) is 11.3. The molecule has 0 unspecified atom stereocenters. The summed E-state index contributed by atoms with van der Waals surface area (Å²) in [4.78, 5) is 29.7. The van der Waals surface area contributed by atoms with Crippen LogP contribution in [0.5, 0.6) is 0 Å². The van der Waals surface area contributed by atoms with Crippen molar-refractivity contribution in [1.29, 1.82) is 5.26 Å². The molecular formula is C26H27N3O3. The molecule has 0 saturated carbocycles. The number of anilines is 1. The molecule has 0 aromatic heterocycles. The van der Waals surface area contributed by atoms with Crippen molar-refractivity contribution >= 4 is 23.0 Å². The molecule has 3 aliphatic heterocycles. The molecule has 0 saturated heterocycles. The number of nitriles is 1. The summed E-state index contributed by atoms with van der Waals surface area (Å²) in [5, 5.41) is 10.2. The number of nitrogens with zero attached hydrogens (tertiary/aromatic N) is 2. The second-order valence-electron chi connectivity index (χ2n) is 9.36. The molecule has 4 aliphatic rings. The van der Waals surface area contributed by atoms with E-state index in [0.717, 1.165) is 23.2 Å². The van der Waals surface area contributed by atoms with Gasteiger partial charge in [-0.25, -0.2) is 0 Å². The number of allylic oxidation sites excluding steroid dienone is 2. The SMILES string of the molecule is CCC1=C[C@](C)(CC)N2C(=O)[C@]3(C(C#N)=C(N)OC4=C3C(=O)CCC4)c3cc(C)cc1c32. The molecule has 1 aliphatic carbocycles. The lowest BCUT2D eigenvalue weighted by molar-refractivity contribution is -0.125. The van der Waals surface area contributed by atoms with Crippen LogP contribution in [0.1, 0.15) is 69.6 Å². The van der Waals surface area contributed by atoms with Crippen LogP contribution in [-0.2, 0) is 19.7 Å². The second kappa shape index (κ2) is 6.59. The highest BCUT2D eigenvalue weighted by Crippen LogP contribution is 2.60. The lowest BCUT2D eigenvalue weighted by Crippen LogP contribution is -2.55. The summed E-state index contributed by atoms with van der Waals surface area (Å²) in [7, 11) is 0. The number of benzene rings is 1. The van der Waals surface area contributed by atoms with Crippen molar-refractivity contribution < 1.29 is 14.3 Å². The van der Waals surface area contributed by atoms with Crippen LogP contribution in [0.25, 0.3) is 5.57 Å². The fourth-order valence-electron chi connectivity index (χ4n) is 5.94. The molecule has 2 atom stereocenters. The highest BCUT2D eigenvalue weighted by atomic mass is 16.5. The van der Waals surface area contributed by atoms with E-state index in [4.69, 9.17) is 10.5 Å². The summed E-state index contributed by atoms with van der Waals surface area (Å²) in [6.07, 6.45) is 5.18. The first kappa shape index (κ1) is 20.6. The number of hydrogen-bond acceptors (Lipinski definition) is 5. The lowest BCUT2D eigenvalue weighted by Gasteiger charge is -2.43. The number of Topliss-reactive ketones (excluding diaryl/α,β-unsaturated/α-hetero) is 1. The fourth-order valence-corrected chi connectivity index (χ4v) is 5.94. The van der Waals surface area contributed by atoms with E-state index in [0.29, 0.717) is 42.6 Å². The molecule has 3 heterocycles. The molecule has 5 rings (SSSR count). The summed E-state index contributed by atoms with van der Waals surface area (Å²) >= 11 is 0. The zero-order chi connectivity index (χ0) is 23.0. The van der Waals surface area contributed by atoms with Gasteiger partial charge in [0.05, 0.1) is 16.8 Å². The highest BCUT2D eigenvalue weighted by molar-refractivity contribution is 6.22. The number of fused-ring (bicyclic) bond motifs is 2. The van der Waals surface area contributed by atoms with Crippen molar-refractivity contribution in [1.82, 2.24) is 0 Å².